The lowest BCUT2D eigenvalue weighted by molar-refractivity contribution is 0.0602. The van der Waals surface area contributed by atoms with E-state index >= 15 is 0 Å². The van der Waals surface area contributed by atoms with Gasteiger partial charge in [0.05, 0.1) is 18.4 Å². The fourth-order valence-electron chi connectivity index (χ4n) is 1.93. The molecule has 7 nitrogen and oxygen atoms in total. The van der Waals surface area contributed by atoms with E-state index in [0.717, 1.165) is 0 Å². The maximum Gasteiger partial charge on any atom is 0.339 e. The van der Waals surface area contributed by atoms with Crippen LogP contribution in [-0.2, 0) is 4.74 Å². The molecule has 0 fully saturated rings. The third-order valence-corrected chi connectivity index (χ3v) is 3.14. The minimum atomic E-state index is -0.520. The highest BCUT2D eigenvalue weighted by Crippen LogP contribution is 2.17. The number of carbonyl (C=O) groups excluding carboxylic acids is 2. The summed E-state index contributed by atoms with van der Waals surface area (Å²) in [5.41, 5.74) is 0.848. The van der Waals surface area contributed by atoms with Crippen LogP contribution in [0.15, 0.2) is 36.5 Å². The summed E-state index contributed by atoms with van der Waals surface area (Å²) in [6, 6.07) is 8.13. The number of ether oxygens (including phenoxy) is 1. The van der Waals surface area contributed by atoms with Crippen LogP contribution >= 0.6 is 0 Å². The van der Waals surface area contributed by atoms with Crippen molar-refractivity contribution in [1.29, 1.82) is 0 Å². The Labute approximate surface area is 140 Å². The average molecular weight is 328 g/mol. The van der Waals surface area contributed by atoms with Crippen LogP contribution in [0.1, 0.15) is 34.7 Å². The molecule has 1 aromatic carbocycles. The number of carbonyl (C=O) groups is 2. The van der Waals surface area contributed by atoms with Crippen LogP contribution in [0.2, 0.25) is 0 Å². The van der Waals surface area contributed by atoms with Crippen LogP contribution in [0.4, 0.5) is 11.6 Å². The van der Waals surface area contributed by atoms with Crippen molar-refractivity contribution in [2.45, 2.75) is 13.8 Å². The van der Waals surface area contributed by atoms with Gasteiger partial charge in [0, 0.05) is 12.7 Å². The number of benzene rings is 1. The van der Waals surface area contributed by atoms with Crippen molar-refractivity contribution in [1.82, 2.24) is 9.97 Å². The highest BCUT2D eigenvalue weighted by Gasteiger charge is 2.15. The summed E-state index contributed by atoms with van der Waals surface area (Å²) >= 11 is 0. The quantitative estimate of drug-likeness (QED) is 0.792. The van der Waals surface area contributed by atoms with Crippen LogP contribution < -0.4 is 10.6 Å². The van der Waals surface area contributed by atoms with Crippen molar-refractivity contribution < 1.29 is 14.3 Å². The largest absolute Gasteiger partial charge is 0.465 e. The van der Waals surface area contributed by atoms with E-state index in [1.807, 2.05) is 0 Å². The summed E-state index contributed by atoms with van der Waals surface area (Å²) in [6.45, 7) is 4.83. The number of anilines is 2. The molecule has 0 saturated heterocycles. The van der Waals surface area contributed by atoms with Crippen LogP contribution in [-0.4, -0.2) is 35.5 Å². The second-order valence-corrected chi connectivity index (χ2v) is 5.53. The second-order valence-electron chi connectivity index (χ2n) is 5.53. The molecule has 0 unspecified atom stereocenters. The van der Waals surface area contributed by atoms with E-state index in [1.54, 1.807) is 24.3 Å². The van der Waals surface area contributed by atoms with Gasteiger partial charge >= 0.3 is 5.97 Å². The third kappa shape index (κ3) is 4.52. The van der Waals surface area contributed by atoms with E-state index in [9.17, 15) is 9.59 Å². The Balaban J connectivity index is 2.16. The standard InChI is InChI=1S/C17H20N4O3/c1-11(2)10-19-17-18-9-8-14(21-17)15(22)20-13-7-5-4-6-12(13)16(23)24-3/h4-9,11H,10H2,1-3H3,(H,20,22)(H,18,19,21). The molecule has 0 aliphatic rings. The molecule has 0 aliphatic carbocycles. The molecule has 2 rings (SSSR count). The number of amides is 1. The first kappa shape index (κ1) is 17.4. The van der Waals surface area contributed by atoms with E-state index in [4.69, 9.17) is 4.74 Å². The molecular formula is C17H20N4O3. The molecule has 7 heteroatoms. The van der Waals surface area contributed by atoms with Crippen molar-refractivity contribution in [2.24, 2.45) is 5.92 Å². The van der Waals surface area contributed by atoms with Gasteiger partial charge in [-0.15, -0.1) is 0 Å². The Morgan fingerprint density at radius 1 is 1.21 bits per heavy atom. The van der Waals surface area contributed by atoms with Crippen LogP contribution in [0.3, 0.4) is 0 Å². The number of nitrogens with zero attached hydrogens (tertiary/aromatic N) is 2. The number of methoxy groups -OCH3 is 1. The molecule has 0 atom stereocenters. The smallest absolute Gasteiger partial charge is 0.339 e. The van der Waals surface area contributed by atoms with E-state index < -0.39 is 11.9 Å². The lowest BCUT2D eigenvalue weighted by Crippen LogP contribution is -2.18. The molecule has 2 aromatic rings. The molecule has 2 N–H and O–H groups in total. The van der Waals surface area contributed by atoms with Gasteiger partial charge in [-0.1, -0.05) is 26.0 Å². The molecule has 1 amide bonds. The Hall–Kier alpha value is -2.96. The number of rotatable bonds is 6. The van der Waals surface area contributed by atoms with E-state index in [2.05, 4.69) is 34.4 Å². The Bertz CT molecular complexity index is 731. The van der Waals surface area contributed by atoms with Gasteiger partial charge in [-0.2, -0.15) is 0 Å². The van der Waals surface area contributed by atoms with Gasteiger partial charge in [-0.05, 0) is 24.1 Å². The van der Waals surface area contributed by atoms with Gasteiger partial charge in [-0.3, -0.25) is 4.79 Å². The summed E-state index contributed by atoms with van der Waals surface area (Å²) in [4.78, 5) is 32.4. The predicted molar refractivity (Wildman–Crippen MR) is 91.1 cm³/mol. The molecule has 126 valence electrons. The summed E-state index contributed by atoms with van der Waals surface area (Å²) in [5.74, 6) is -0.134. The van der Waals surface area contributed by atoms with Crippen molar-refractivity contribution in [3.05, 3.63) is 47.8 Å². The fourth-order valence-corrected chi connectivity index (χ4v) is 1.93. The normalized spacial score (nSPS) is 10.3. The van der Waals surface area contributed by atoms with E-state index in [1.165, 1.54) is 19.4 Å². The zero-order valence-corrected chi connectivity index (χ0v) is 13.9. The first-order chi connectivity index (χ1) is 11.5. The monoisotopic (exact) mass is 328 g/mol. The Morgan fingerprint density at radius 3 is 2.67 bits per heavy atom. The number of esters is 1. The first-order valence-electron chi connectivity index (χ1n) is 7.57. The lowest BCUT2D eigenvalue weighted by Gasteiger charge is -2.10. The number of para-hydroxylation sites is 1. The molecule has 0 spiro atoms. The molecule has 1 heterocycles. The van der Waals surface area contributed by atoms with Gasteiger partial charge < -0.3 is 15.4 Å². The average Bonchev–Trinajstić information content (AvgIpc) is 2.60. The second kappa shape index (κ2) is 8.05. The Kier molecular flexibility index (Phi) is 5.83. The Morgan fingerprint density at radius 2 is 1.96 bits per heavy atom. The minimum Gasteiger partial charge on any atom is -0.465 e. The van der Waals surface area contributed by atoms with Crippen molar-refractivity contribution in [3.8, 4) is 0 Å². The number of nitrogens with one attached hydrogen (secondary N) is 2. The SMILES string of the molecule is COC(=O)c1ccccc1NC(=O)c1ccnc(NCC(C)C)n1. The zero-order valence-electron chi connectivity index (χ0n) is 13.9. The van der Waals surface area contributed by atoms with Gasteiger partial charge in [0.15, 0.2) is 0 Å². The topological polar surface area (TPSA) is 93.2 Å². The van der Waals surface area contributed by atoms with E-state index in [0.29, 0.717) is 24.1 Å². The van der Waals surface area contributed by atoms with Gasteiger partial charge in [-0.25, -0.2) is 14.8 Å². The third-order valence-electron chi connectivity index (χ3n) is 3.14. The summed E-state index contributed by atoms with van der Waals surface area (Å²) in [7, 11) is 1.29. The summed E-state index contributed by atoms with van der Waals surface area (Å²) < 4.78 is 4.71. The summed E-state index contributed by atoms with van der Waals surface area (Å²) in [6.07, 6.45) is 1.51. The molecule has 0 radical (unpaired) electrons. The fraction of sp³-hybridized carbons (Fsp3) is 0.294. The molecule has 1 aromatic heterocycles. The van der Waals surface area contributed by atoms with Crippen molar-refractivity contribution >= 4 is 23.5 Å². The molecular weight excluding hydrogens is 308 g/mol. The molecule has 0 saturated carbocycles. The number of aromatic nitrogens is 2. The van der Waals surface area contributed by atoms with Crippen LogP contribution in [0.5, 0.6) is 0 Å². The number of hydrogen-bond donors (Lipinski definition) is 2. The first-order valence-corrected chi connectivity index (χ1v) is 7.57. The zero-order chi connectivity index (χ0) is 17.5. The minimum absolute atomic E-state index is 0.205. The predicted octanol–water partition coefficient (Wildman–Crippen LogP) is 2.58. The maximum atomic E-state index is 12.4. The molecule has 0 bridgehead atoms. The van der Waals surface area contributed by atoms with Crippen molar-refractivity contribution in [2.75, 3.05) is 24.3 Å². The number of hydrogen-bond acceptors (Lipinski definition) is 6. The maximum absolute atomic E-state index is 12.4. The van der Waals surface area contributed by atoms with Crippen molar-refractivity contribution in [3.63, 3.8) is 0 Å². The molecule has 24 heavy (non-hydrogen) atoms. The van der Waals surface area contributed by atoms with Crippen LogP contribution in [0.25, 0.3) is 0 Å². The van der Waals surface area contributed by atoms with Crippen LogP contribution in [0, 0.1) is 5.92 Å². The summed E-state index contributed by atoms with van der Waals surface area (Å²) in [5, 5.41) is 5.74. The highest BCUT2D eigenvalue weighted by molar-refractivity contribution is 6.07. The van der Waals surface area contributed by atoms with Gasteiger partial charge in [0.2, 0.25) is 5.95 Å². The highest BCUT2D eigenvalue weighted by atomic mass is 16.5. The van der Waals surface area contributed by atoms with Gasteiger partial charge in [0.1, 0.15) is 5.69 Å². The lowest BCUT2D eigenvalue weighted by atomic mass is 10.1. The van der Waals surface area contributed by atoms with E-state index in [-0.39, 0.29) is 11.3 Å². The molecule has 0 aliphatic heterocycles. The van der Waals surface area contributed by atoms with Gasteiger partial charge in [0.25, 0.3) is 5.91 Å².